The van der Waals surface area contributed by atoms with Gasteiger partial charge in [-0.05, 0) is 18.1 Å². The van der Waals surface area contributed by atoms with E-state index in [4.69, 9.17) is 16.1 Å². The van der Waals surface area contributed by atoms with Crippen LogP contribution >= 0.6 is 11.6 Å². The molecule has 0 atom stereocenters. The molecule has 0 aliphatic rings. The summed E-state index contributed by atoms with van der Waals surface area (Å²) in [4.78, 5) is 12.8. The van der Waals surface area contributed by atoms with Crippen molar-refractivity contribution < 1.29 is 4.52 Å². The van der Waals surface area contributed by atoms with Crippen molar-refractivity contribution in [3.8, 4) is 22.5 Å². The molecule has 0 saturated carbocycles. The van der Waals surface area contributed by atoms with Gasteiger partial charge >= 0.3 is 5.69 Å². The van der Waals surface area contributed by atoms with Crippen LogP contribution < -0.4 is 5.69 Å². The van der Waals surface area contributed by atoms with E-state index < -0.39 is 0 Å². The molecule has 0 fully saturated rings. The van der Waals surface area contributed by atoms with Crippen molar-refractivity contribution in [2.45, 2.75) is 13.5 Å². The second kappa shape index (κ2) is 7.27. The number of halogens is 1. The number of rotatable bonds is 4. The third kappa shape index (κ3) is 3.19. The number of aryl methyl sites for hydroxylation is 1. The van der Waals surface area contributed by atoms with Crippen molar-refractivity contribution in [1.29, 1.82) is 0 Å². The smallest absolute Gasteiger partial charge is 0.356 e. The highest BCUT2D eigenvalue weighted by molar-refractivity contribution is 6.36. The van der Waals surface area contributed by atoms with Crippen LogP contribution in [0.25, 0.3) is 28.1 Å². The Morgan fingerprint density at radius 1 is 1.00 bits per heavy atom. The summed E-state index contributed by atoms with van der Waals surface area (Å²) in [5.74, 6) is 0.686. The van der Waals surface area contributed by atoms with Crippen molar-refractivity contribution in [2.75, 3.05) is 0 Å². The van der Waals surface area contributed by atoms with Gasteiger partial charge in [-0.25, -0.2) is 9.48 Å². The lowest BCUT2D eigenvalue weighted by atomic mass is 10.1. The van der Waals surface area contributed by atoms with Gasteiger partial charge in [0, 0.05) is 17.2 Å². The van der Waals surface area contributed by atoms with E-state index in [0.29, 0.717) is 23.0 Å². The van der Waals surface area contributed by atoms with Gasteiger partial charge in [0.15, 0.2) is 11.4 Å². The van der Waals surface area contributed by atoms with Crippen LogP contribution in [-0.4, -0.2) is 24.6 Å². The summed E-state index contributed by atoms with van der Waals surface area (Å²) in [6.45, 7) is 2.32. The van der Waals surface area contributed by atoms with Crippen LogP contribution in [-0.2, 0) is 6.54 Å². The Labute approximate surface area is 176 Å². The van der Waals surface area contributed by atoms with Crippen molar-refractivity contribution in [2.24, 2.45) is 0 Å². The highest BCUT2D eigenvalue weighted by Crippen LogP contribution is 2.29. The first-order chi connectivity index (χ1) is 14.6. The standard InChI is InChI=1S/C22H16ClN5O2/c1-14-2-6-16(7-3-14)18-12-24-28-21(20(18)23)26-27(22(28)29)13-15-4-8-17(9-5-15)19-10-11-25-30-19/h2-12H,13H2,1H3. The zero-order valence-corrected chi connectivity index (χ0v) is 16.7. The van der Waals surface area contributed by atoms with Crippen LogP contribution in [0.15, 0.2) is 76.3 Å². The normalized spacial score (nSPS) is 11.3. The molecule has 0 saturated heterocycles. The number of benzene rings is 2. The molecule has 0 amide bonds. The molecule has 0 unspecified atom stereocenters. The maximum Gasteiger partial charge on any atom is 0.367 e. The molecule has 8 heteroatoms. The van der Waals surface area contributed by atoms with Gasteiger partial charge in [-0.3, -0.25) is 0 Å². The first kappa shape index (κ1) is 18.3. The van der Waals surface area contributed by atoms with Gasteiger partial charge in [0.1, 0.15) is 0 Å². The van der Waals surface area contributed by atoms with E-state index in [1.807, 2.05) is 55.5 Å². The lowest BCUT2D eigenvalue weighted by Gasteiger charge is -2.04. The molecule has 0 radical (unpaired) electrons. The van der Waals surface area contributed by atoms with Crippen molar-refractivity contribution in [1.82, 2.24) is 24.6 Å². The molecule has 0 aliphatic carbocycles. The molecule has 3 heterocycles. The van der Waals surface area contributed by atoms with Gasteiger partial charge in [-0.15, -0.1) is 5.10 Å². The highest BCUT2D eigenvalue weighted by atomic mass is 35.5. The zero-order chi connectivity index (χ0) is 20.7. The monoisotopic (exact) mass is 417 g/mol. The van der Waals surface area contributed by atoms with Crippen LogP contribution in [0.3, 0.4) is 0 Å². The molecule has 0 spiro atoms. The van der Waals surface area contributed by atoms with E-state index in [2.05, 4.69) is 15.4 Å². The van der Waals surface area contributed by atoms with Crippen LogP contribution in [0.5, 0.6) is 0 Å². The summed E-state index contributed by atoms with van der Waals surface area (Å²) < 4.78 is 7.74. The first-order valence-corrected chi connectivity index (χ1v) is 9.69. The Morgan fingerprint density at radius 3 is 2.43 bits per heavy atom. The van der Waals surface area contributed by atoms with Gasteiger partial charge in [0.05, 0.1) is 24.0 Å². The zero-order valence-electron chi connectivity index (χ0n) is 16.0. The molecule has 7 nitrogen and oxygen atoms in total. The summed E-state index contributed by atoms with van der Waals surface area (Å²) in [5, 5.41) is 12.8. The van der Waals surface area contributed by atoms with Gasteiger partial charge in [0.25, 0.3) is 0 Å². The van der Waals surface area contributed by atoms with Crippen molar-refractivity contribution >= 4 is 17.2 Å². The van der Waals surface area contributed by atoms with E-state index in [1.165, 1.54) is 9.20 Å². The third-order valence-electron chi connectivity index (χ3n) is 4.92. The molecule has 0 aliphatic heterocycles. The minimum absolute atomic E-state index is 0.301. The third-order valence-corrected chi connectivity index (χ3v) is 5.30. The Bertz CT molecular complexity index is 1390. The van der Waals surface area contributed by atoms with E-state index >= 15 is 0 Å². The molecular formula is C22H16ClN5O2. The highest BCUT2D eigenvalue weighted by Gasteiger charge is 2.16. The largest absolute Gasteiger partial charge is 0.367 e. The Morgan fingerprint density at radius 2 is 1.73 bits per heavy atom. The SMILES string of the molecule is Cc1ccc(-c2cnn3c(=O)n(Cc4ccc(-c5ccno5)cc4)nc3c2Cl)cc1. The first-order valence-electron chi connectivity index (χ1n) is 9.31. The molecule has 3 aromatic heterocycles. The topological polar surface area (TPSA) is 78.2 Å². The number of hydrogen-bond donors (Lipinski definition) is 0. The molecule has 0 N–H and O–H groups in total. The fourth-order valence-electron chi connectivity index (χ4n) is 3.28. The molecule has 30 heavy (non-hydrogen) atoms. The number of fused-ring (bicyclic) bond motifs is 1. The molecule has 2 aromatic carbocycles. The van der Waals surface area contributed by atoms with Gasteiger partial charge < -0.3 is 4.52 Å². The van der Waals surface area contributed by atoms with Crippen LogP contribution in [0, 0.1) is 6.92 Å². The number of hydrogen-bond acceptors (Lipinski definition) is 5. The van der Waals surface area contributed by atoms with E-state index in [-0.39, 0.29) is 5.69 Å². The predicted molar refractivity (Wildman–Crippen MR) is 113 cm³/mol. The van der Waals surface area contributed by atoms with Crippen LogP contribution in [0.1, 0.15) is 11.1 Å². The van der Waals surface area contributed by atoms with E-state index in [1.54, 1.807) is 18.5 Å². The fourth-order valence-corrected chi connectivity index (χ4v) is 3.56. The number of aromatic nitrogens is 5. The Balaban J connectivity index is 1.49. The quantitative estimate of drug-likeness (QED) is 0.437. The van der Waals surface area contributed by atoms with E-state index in [9.17, 15) is 4.79 Å². The Kier molecular flexibility index (Phi) is 4.44. The summed E-state index contributed by atoms with van der Waals surface area (Å²) >= 11 is 6.59. The number of nitrogens with zero attached hydrogens (tertiary/aromatic N) is 5. The fraction of sp³-hybridized carbons (Fsp3) is 0.0909. The summed E-state index contributed by atoms with van der Waals surface area (Å²) in [7, 11) is 0. The second-order valence-corrected chi connectivity index (χ2v) is 7.37. The van der Waals surface area contributed by atoms with E-state index in [0.717, 1.165) is 27.8 Å². The molecule has 148 valence electrons. The molecule has 5 aromatic rings. The van der Waals surface area contributed by atoms with Gasteiger partial charge in [-0.2, -0.15) is 9.61 Å². The maximum absolute atomic E-state index is 12.8. The lowest BCUT2D eigenvalue weighted by molar-refractivity contribution is 0.432. The van der Waals surface area contributed by atoms with Gasteiger partial charge in [-0.1, -0.05) is 70.9 Å². The van der Waals surface area contributed by atoms with Crippen LogP contribution in [0.4, 0.5) is 0 Å². The lowest BCUT2D eigenvalue weighted by Crippen LogP contribution is -2.22. The summed E-state index contributed by atoms with van der Waals surface area (Å²) in [6, 6.07) is 17.4. The van der Waals surface area contributed by atoms with Crippen LogP contribution in [0.2, 0.25) is 5.02 Å². The maximum atomic E-state index is 12.8. The van der Waals surface area contributed by atoms with Crippen molar-refractivity contribution in [3.05, 3.63) is 93.6 Å². The molecular weight excluding hydrogens is 402 g/mol. The summed E-state index contributed by atoms with van der Waals surface area (Å²) in [6.07, 6.45) is 3.20. The predicted octanol–water partition coefficient (Wildman–Crippen LogP) is 4.22. The second-order valence-electron chi connectivity index (χ2n) is 6.99. The average molecular weight is 418 g/mol. The van der Waals surface area contributed by atoms with Crippen molar-refractivity contribution in [3.63, 3.8) is 0 Å². The Hall–Kier alpha value is -3.71. The average Bonchev–Trinajstić information content (AvgIpc) is 3.40. The minimum atomic E-state index is -0.346. The minimum Gasteiger partial charge on any atom is -0.356 e. The molecule has 5 rings (SSSR count). The molecule has 0 bridgehead atoms. The van der Waals surface area contributed by atoms with Gasteiger partial charge in [0.2, 0.25) is 0 Å². The summed E-state index contributed by atoms with van der Waals surface area (Å²) in [5.41, 5.74) is 4.62.